The first-order chi connectivity index (χ1) is 9.02. The maximum absolute atomic E-state index is 13.6. The maximum atomic E-state index is 13.6. The number of nitrogens with two attached hydrogens (primary N) is 1. The van der Waals surface area contributed by atoms with Crippen molar-refractivity contribution in [1.29, 1.82) is 5.26 Å². The molecular weight excluding hydrogens is 252 g/mol. The SMILES string of the molecule is Cn1ncc(CNc2c(F)cc(C#N)cc2F)c1N. The Labute approximate surface area is 108 Å². The lowest BCUT2D eigenvalue weighted by molar-refractivity contribution is 0.587. The summed E-state index contributed by atoms with van der Waals surface area (Å²) in [4.78, 5) is 0. The fourth-order valence-electron chi connectivity index (χ4n) is 1.62. The Hall–Kier alpha value is -2.62. The highest BCUT2D eigenvalue weighted by Gasteiger charge is 2.12. The third-order valence-electron chi connectivity index (χ3n) is 2.69. The van der Waals surface area contributed by atoms with E-state index >= 15 is 0 Å². The second-order valence-corrected chi connectivity index (χ2v) is 3.96. The third kappa shape index (κ3) is 2.47. The summed E-state index contributed by atoms with van der Waals surface area (Å²) in [7, 11) is 1.67. The van der Waals surface area contributed by atoms with Gasteiger partial charge in [0.25, 0.3) is 0 Å². The van der Waals surface area contributed by atoms with Crippen molar-refractivity contribution in [3.63, 3.8) is 0 Å². The number of nitrogens with one attached hydrogen (secondary N) is 1. The van der Waals surface area contributed by atoms with Crippen LogP contribution < -0.4 is 11.1 Å². The minimum absolute atomic E-state index is 0.0681. The second-order valence-electron chi connectivity index (χ2n) is 3.96. The van der Waals surface area contributed by atoms with Crippen LogP contribution in [-0.2, 0) is 13.6 Å². The van der Waals surface area contributed by atoms with Gasteiger partial charge in [0.05, 0.1) is 17.8 Å². The molecule has 0 amide bonds. The van der Waals surface area contributed by atoms with Gasteiger partial charge in [0.1, 0.15) is 11.5 Å². The van der Waals surface area contributed by atoms with Crippen molar-refractivity contribution in [2.75, 3.05) is 11.1 Å². The minimum atomic E-state index is -0.820. The number of aryl methyl sites for hydroxylation is 1. The Balaban J connectivity index is 2.21. The zero-order valence-corrected chi connectivity index (χ0v) is 10.1. The van der Waals surface area contributed by atoms with E-state index in [9.17, 15) is 8.78 Å². The summed E-state index contributed by atoms with van der Waals surface area (Å²) in [5, 5.41) is 15.1. The minimum Gasteiger partial charge on any atom is -0.384 e. The zero-order chi connectivity index (χ0) is 14.0. The van der Waals surface area contributed by atoms with Crippen LogP contribution in [0.1, 0.15) is 11.1 Å². The number of anilines is 2. The molecule has 0 saturated carbocycles. The van der Waals surface area contributed by atoms with Gasteiger partial charge < -0.3 is 11.1 Å². The molecule has 1 heterocycles. The van der Waals surface area contributed by atoms with Gasteiger partial charge in [0, 0.05) is 19.2 Å². The molecule has 98 valence electrons. The molecular formula is C12H11F2N5. The number of hydrogen-bond acceptors (Lipinski definition) is 4. The van der Waals surface area contributed by atoms with Gasteiger partial charge in [-0.15, -0.1) is 0 Å². The van der Waals surface area contributed by atoms with Crippen LogP contribution in [0.2, 0.25) is 0 Å². The lowest BCUT2D eigenvalue weighted by Gasteiger charge is -2.08. The lowest BCUT2D eigenvalue weighted by atomic mass is 10.2. The van der Waals surface area contributed by atoms with Crippen molar-refractivity contribution >= 4 is 11.5 Å². The average molecular weight is 263 g/mol. The third-order valence-corrected chi connectivity index (χ3v) is 2.69. The Bertz CT molecular complexity index is 634. The molecule has 0 saturated heterocycles. The number of nitriles is 1. The van der Waals surface area contributed by atoms with Crippen LogP contribution >= 0.6 is 0 Å². The second kappa shape index (κ2) is 4.94. The quantitative estimate of drug-likeness (QED) is 0.884. The van der Waals surface area contributed by atoms with Crippen LogP contribution in [0.5, 0.6) is 0 Å². The van der Waals surface area contributed by atoms with Crippen LogP contribution in [0.25, 0.3) is 0 Å². The van der Waals surface area contributed by atoms with Crippen LogP contribution in [0, 0.1) is 23.0 Å². The largest absolute Gasteiger partial charge is 0.384 e. The topological polar surface area (TPSA) is 79.7 Å². The Morgan fingerprint density at radius 2 is 2.05 bits per heavy atom. The lowest BCUT2D eigenvalue weighted by Crippen LogP contribution is -2.06. The molecule has 5 nitrogen and oxygen atoms in total. The molecule has 3 N–H and O–H groups in total. The first-order valence-corrected chi connectivity index (χ1v) is 5.42. The standard InChI is InChI=1S/C12H11F2N5/c1-19-12(16)8(6-18-19)5-17-11-9(13)2-7(4-15)3-10(11)14/h2-3,6,17H,5,16H2,1H3. The van der Waals surface area contributed by atoms with Gasteiger partial charge in [0.15, 0.2) is 11.6 Å². The van der Waals surface area contributed by atoms with Crippen LogP contribution in [0.15, 0.2) is 18.3 Å². The molecule has 0 spiro atoms. The van der Waals surface area contributed by atoms with E-state index in [-0.39, 0.29) is 17.8 Å². The summed E-state index contributed by atoms with van der Waals surface area (Å²) in [6.45, 7) is 0.138. The predicted molar refractivity (Wildman–Crippen MR) is 66.0 cm³/mol. The number of rotatable bonds is 3. The maximum Gasteiger partial charge on any atom is 0.150 e. The fourth-order valence-corrected chi connectivity index (χ4v) is 1.62. The number of aromatic nitrogens is 2. The van der Waals surface area contributed by atoms with Gasteiger partial charge in [-0.25, -0.2) is 8.78 Å². The number of hydrogen-bond donors (Lipinski definition) is 2. The van der Waals surface area contributed by atoms with Gasteiger partial charge in [-0.05, 0) is 12.1 Å². The molecule has 1 aromatic heterocycles. The van der Waals surface area contributed by atoms with Crippen molar-refractivity contribution in [3.05, 3.63) is 41.1 Å². The van der Waals surface area contributed by atoms with Crippen molar-refractivity contribution in [1.82, 2.24) is 9.78 Å². The summed E-state index contributed by atoms with van der Waals surface area (Å²) in [5.74, 6) is -1.22. The summed E-state index contributed by atoms with van der Waals surface area (Å²) in [6.07, 6.45) is 1.52. The first kappa shape index (κ1) is 12.8. The molecule has 1 aromatic carbocycles. The van der Waals surface area contributed by atoms with E-state index in [4.69, 9.17) is 11.0 Å². The molecule has 0 atom stereocenters. The van der Waals surface area contributed by atoms with E-state index in [1.165, 1.54) is 10.9 Å². The zero-order valence-electron chi connectivity index (χ0n) is 10.1. The first-order valence-electron chi connectivity index (χ1n) is 5.42. The molecule has 2 rings (SSSR count). The van der Waals surface area contributed by atoms with Crippen molar-refractivity contribution in [3.8, 4) is 6.07 Å². The smallest absolute Gasteiger partial charge is 0.150 e. The Morgan fingerprint density at radius 3 is 2.53 bits per heavy atom. The van der Waals surface area contributed by atoms with Crippen LogP contribution in [-0.4, -0.2) is 9.78 Å². The van der Waals surface area contributed by atoms with Crippen molar-refractivity contribution in [2.24, 2.45) is 7.05 Å². The van der Waals surface area contributed by atoms with E-state index in [2.05, 4.69) is 10.4 Å². The highest BCUT2D eigenvalue weighted by atomic mass is 19.1. The van der Waals surface area contributed by atoms with E-state index < -0.39 is 11.6 Å². The molecule has 0 aliphatic carbocycles. The van der Waals surface area contributed by atoms with Crippen molar-refractivity contribution in [2.45, 2.75) is 6.54 Å². The monoisotopic (exact) mass is 263 g/mol. The van der Waals surface area contributed by atoms with E-state index in [1.54, 1.807) is 13.1 Å². The molecule has 0 aliphatic heterocycles. The van der Waals surface area contributed by atoms with E-state index in [0.29, 0.717) is 11.4 Å². The van der Waals surface area contributed by atoms with Crippen LogP contribution in [0.3, 0.4) is 0 Å². The molecule has 2 aromatic rings. The van der Waals surface area contributed by atoms with Gasteiger partial charge >= 0.3 is 0 Å². The highest BCUT2D eigenvalue weighted by Crippen LogP contribution is 2.22. The number of nitrogens with zero attached hydrogens (tertiary/aromatic N) is 3. The van der Waals surface area contributed by atoms with Gasteiger partial charge in [-0.1, -0.05) is 0 Å². The molecule has 0 unspecified atom stereocenters. The summed E-state index contributed by atoms with van der Waals surface area (Å²) in [5.41, 5.74) is 5.99. The number of halogens is 2. The molecule has 7 heteroatoms. The van der Waals surface area contributed by atoms with Gasteiger partial charge in [0.2, 0.25) is 0 Å². The summed E-state index contributed by atoms with van der Waals surface area (Å²) in [6, 6.07) is 3.62. The highest BCUT2D eigenvalue weighted by molar-refractivity contribution is 5.51. The molecule has 0 bridgehead atoms. The van der Waals surface area contributed by atoms with E-state index in [1.807, 2.05) is 0 Å². The Morgan fingerprint density at radius 1 is 1.42 bits per heavy atom. The molecule has 19 heavy (non-hydrogen) atoms. The van der Waals surface area contributed by atoms with Gasteiger partial charge in [-0.2, -0.15) is 10.4 Å². The molecule has 0 radical (unpaired) electrons. The fraction of sp³-hybridized carbons (Fsp3) is 0.167. The molecule has 0 fully saturated rings. The molecule has 0 aliphatic rings. The van der Waals surface area contributed by atoms with E-state index in [0.717, 1.165) is 12.1 Å². The van der Waals surface area contributed by atoms with Crippen LogP contribution in [0.4, 0.5) is 20.3 Å². The summed E-state index contributed by atoms with van der Waals surface area (Å²) >= 11 is 0. The van der Waals surface area contributed by atoms with Gasteiger partial charge in [-0.3, -0.25) is 4.68 Å². The average Bonchev–Trinajstić information content (AvgIpc) is 2.69. The van der Waals surface area contributed by atoms with Crippen molar-refractivity contribution < 1.29 is 8.78 Å². The normalized spacial score (nSPS) is 10.2. The summed E-state index contributed by atoms with van der Waals surface area (Å²) < 4.78 is 28.7. The number of benzene rings is 1. The Kier molecular flexibility index (Phi) is 3.33. The predicted octanol–water partition coefficient (Wildman–Crippen LogP) is 1.76. The number of nitrogen functional groups attached to an aromatic ring is 1.